The zero-order valence-corrected chi connectivity index (χ0v) is 15.4. The fraction of sp³-hybridized carbons (Fsp3) is 0.722. The molecule has 3 heterocycles. The van der Waals surface area contributed by atoms with Crippen molar-refractivity contribution in [1.29, 1.82) is 0 Å². The van der Waals surface area contributed by atoms with E-state index in [1.54, 1.807) is 19.4 Å². The van der Waals surface area contributed by atoms with Gasteiger partial charge in [-0.2, -0.15) is 0 Å². The zero-order valence-electron chi connectivity index (χ0n) is 15.4. The summed E-state index contributed by atoms with van der Waals surface area (Å²) in [6.45, 7) is 3.79. The molecule has 1 atom stereocenters. The third-order valence-electron chi connectivity index (χ3n) is 5.11. The first-order valence-corrected chi connectivity index (χ1v) is 9.36. The van der Waals surface area contributed by atoms with E-state index in [1.165, 1.54) is 4.57 Å². The number of ether oxygens (including phenoxy) is 2. The second-order valence-corrected chi connectivity index (χ2v) is 7.00. The van der Waals surface area contributed by atoms with Gasteiger partial charge < -0.3 is 24.3 Å². The Balaban J connectivity index is 1.45. The normalized spacial score (nSPS) is 21.6. The Morgan fingerprint density at radius 2 is 2.15 bits per heavy atom. The number of hydrogen-bond acceptors (Lipinski definition) is 6. The van der Waals surface area contributed by atoms with E-state index in [-0.39, 0.29) is 17.6 Å². The first-order chi connectivity index (χ1) is 12.6. The number of morpholine rings is 1. The fourth-order valence-electron chi connectivity index (χ4n) is 3.42. The van der Waals surface area contributed by atoms with Gasteiger partial charge in [-0.15, -0.1) is 0 Å². The van der Waals surface area contributed by atoms with E-state index in [2.05, 4.69) is 10.3 Å². The maximum absolute atomic E-state index is 12.5. The minimum absolute atomic E-state index is 0.137. The summed E-state index contributed by atoms with van der Waals surface area (Å²) in [5.74, 6) is 1.10. The summed E-state index contributed by atoms with van der Waals surface area (Å²) in [5, 5.41) is 3.05. The highest BCUT2D eigenvalue weighted by molar-refractivity contribution is 5.76. The molecule has 0 aromatic carbocycles. The molecule has 1 N–H and O–H groups in total. The van der Waals surface area contributed by atoms with E-state index in [0.717, 1.165) is 32.5 Å². The lowest BCUT2D eigenvalue weighted by molar-refractivity contribution is -0.138. The van der Waals surface area contributed by atoms with Gasteiger partial charge in [0.15, 0.2) is 5.82 Å². The van der Waals surface area contributed by atoms with E-state index < -0.39 is 0 Å². The smallest absolute Gasteiger partial charge is 0.293 e. The number of anilines is 1. The molecule has 8 heteroatoms. The second kappa shape index (κ2) is 9.14. The first-order valence-electron chi connectivity index (χ1n) is 9.36. The van der Waals surface area contributed by atoms with Gasteiger partial charge in [0.1, 0.15) is 0 Å². The second-order valence-electron chi connectivity index (χ2n) is 7.00. The zero-order chi connectivity index (χ0) is 18.4. The number of hydrogen-bond donors (Lipinski definition) is 1. The summed E-state index contributed by atoms with van der Waals surface area (Å²) in [4.78, 5) is 30.4. The predicted octanol–water partition coefficient (Wildman–Crippen LogP) is 0.626. The van der Waals surface area contributed by atoms with Crippen LogP contribution < -0.4 is 10.9 Å². The van der Waals surface area contributed by atoms with Crippen molar-refractivity contribution in [1.82, 2.24) is 14.5 Å². The van der Waals surface area contributed by atoms with Crippen molar-refractivity contribution >= 4 is 11.7 Å². The Hall–Kier alpha value is -1.93. The van der Waals surface area contributed by atoms with Crippen LogP contribution in [0.3, 0.4) is 0 Å². The molecule has 0 unspecified atom stereocenters. The van der Waals surface area contributed by atoms with Crippen molar-refractivity contribution in [3.05, 3.63) is 22.7 Å². The van der Waals surface area contributed by atoms with Crippen molar-refractivity contribution in [3.8, 4) is 0 Å². The van der Waals surface area contributed by atoms with Crippen LogP contribution >= 0.6 is 0 Å². The van der Waals surface area contributed by atoms with Gasteiger partial charge >= 0.3 is 0 Å². The van der Waals surface area contributed by atoms with Gasteiger partial charge in [0.25, 0.3) is 5.56 Å². The van der Waals surface area contributed by atoms with Crippen molar-refractivity contribution in [2.45, 2.75) is 31.8 Å². The third kappa shape index (κ3) is 5.04. The number of aryl methyl sites for hydroxylation is 1. The summed E-state index contributed by atoms with van der Waals surface area (Å²) in [6, 6.07) is 0. The van der Waals surface area contributed by atoms with Gasteiger partial charge in [0.2, 0.25) is 5.91 Å². The van der Waals surface area contributed by atoms with Crippen LogP contribution in [0, 0.1) is 5.92 Å². The van der Waals surface area contributed by atoms with Crippen LogP contribution in [0.5, 0.6) is 0 Å². The third-order valence-corrected chi connectivity index (χ3v) is 5.11. The summed E-state index contributed by atoms with van der Waals surface area (Å²) >= 11 is 0. The molecule has 144 valence electrons. The molecule has 26 heavy (non-hydrogen) atoms. The van der Waals surface area contributed by atoms with Crippen LogP contribution in [0.1, 0.15) is 25.7 Å². The monoisotopic (exact) mass is 364 g/mol. The Kier molecular flexibility index (Phi) is 6.62. The quantitative estimate of drug-likeness (QED) is 0.797. The molecule has 1 aromatic rings. The average Bonchev–Trinajstić information content (AvgIpc) is 2.68. The molecule has 2 saturated heterocycles. The van der Waals surface area contributed by atoms with Gasteiger partial charge in [0.05, 0.1) is 12.7 Å². The molecule has 2 aliphatic heterocycles. The number of aromatic nitrogens is 2. The number of carbonyl (C=O) groups excluding carboxylic acids is 1. The topological polar surface area (TPSA) is 85.7 Å². The number of rotatable bonds is 6. The first kappa shape index (κ1) is 18.8. The molecule has 2 fully saturated rings. The molecule has 0 spiro atoms. The van der Waals surface area contributed by atoms with E-state index >= 15 is 0 Å². The molecule has 1 amide bonds. The summed E-state index contributed by atoms with van der Waals surface area (Å²) in [7, 11) is 1.69. The highest BCUT2D eigenvalue weighted by Gasteiger charge is 2.25. The summed E-state index contributed by atoms with van der Waals surface area (Å²) in [6.07, 6.45) is 6.70. The van der Waals surface area contributed by atoms with Crippen LogP contribution in [0.4, 0.5) is 5.82 Å². The minimum atomic E-state index is -0.173. The largest absolute Gasteiger partial charge is 0.381 e. The summed E-state index contributed by atoms with van der Waals surface area (Å²) < 4.78 is 12.6. The van der Waals surface area contributed by atoms with Crippen molar-refractivity contribution < 1.29 is 14.3 Å². The fourth-order valence-corrected chi connectivity index (χ4v) is 3.42. The van der Waals surface area contributed by atoms with Gasteiger partial charge in [-0.3, -0.25) is 9.59 Å². The lowest BCUT2D eigenvalue weighted by atomic mass is 9.94. The molecule has 8 nitrogen and oxygen atoms in total. The predicted molar refractivity (Wildman–Crippen MR) is 97.1 cm³/mol. The van der Waals surface area contributed by atoms with Crippen molar-refractivity contribution in [2.75, 3.05) is 44.8 Å². The molecular weight excluding hydrogens is 336 g/mol. The molecule has 0 radical (unpaired) electrons. The van der Waals surface area contributed by atoms with Crippen molar-refractivity contribution in [3.63, 3.8) is 0 Å². The molecular formula is C18H28N4O4. The number of carbonyl (C=O) groups is 1. The van der Waals surface area contributed by atoms with E-state index in [9.17, 15) is 9.59 Å². The molecule has 3 rings (SSSR count). The Bertz CT molecular complexity index is 657. The number of nitrogens with zero attached hydrogens (tertiary/aromatic N) is 3. The Morgan fingerprint density at radius 1 is 1.35 bits per heavy atom. The van der Waals surface area contributed by atoms with Crippen LogP contribution in [0.2, 0.25) is 0 Å². The molecule has 0 bridgehead atoms. The van der Waals surface area contributed by atoms with E-state index in [0.29, 0.717) is 44.4 Å². The van der Waals surface area contributed by atoms with E-state index in [4.69, 9.17) is 9.47 Å². The van der Waals surface area contributed by atoms with Crippen LogP contribution in [0.15, 0.2) is 17.2 Å². The SMILES string of the molecule is Cn1ccnc(NC[C@@H]2CN(C(=O)CCC3CCOCC3)CCO2)c1=O. The standard InChI is InChI=1S/C18H28N4O4/c1-21-7-6-19-17(18(21)24)20-12-15-13-22(8-11-26-15)16(23)3-2-14-4-9-25-10-5-14/h6-7,14-15H,2-5,8-13H2,1H3,(H,19,20)/t15-/m1/s1. The molecule has 1 aromatic heterocycles. The van der Waals surface area contributed by atoms with Crippen LogP contribution in [-0.2, 0) is 21.3 Å². The van der Waals surface area contributed by atoms with E-state index in [1.807, 2.05) is 4.90 Å². The van der Waals surface area contributed by atoms with Crippen LogP contribution in [0.25, 0.3) is 0 Å². The van der Waals surface area contributed by atoms with Crippen molar-refractivity contribution in [2.24, 2.45) is 13.0 Å². The maximum Gasteiger partial charge on any atom is 0.293 e. The lowest BCUT2D eigenvalue weighted by Gasteiger charge is -2.33. The average molecular weight is 364 g/mol. The molecule has 2 aliphatic rings. The maximum atomic E-state index is 12.5. The molecule has 0 aliphatic carbocycles. The highest BCUT2D eigenvalue weighted by atomic mass is 16.5. The number of amides is 1. The Labute approximate surface area is 153 Å². The Morgan fingerprint density at radius 3 is 2.96 bits per heavy atom. The van der Waals surface area contributed by atoms with Gasteiger partial charge in [-0.05, 0) is 25.2 Å². The molecule has 0 saturated carbocycles. The van der Waals surface area contributed by atoms with Crippen LogP contribution in [-0.4, -0.2) is 65.9 Å². The van der Waals surface area contributed by atoms with Gasteiger partial charge in [0, 0.05) is 58.7 Å². The van der Waals surface area contributed by atoms with Gasteiger partial charge in [-0.1, -0.05) is 0 Å². The van der Waals surface area contributed by atoms with Gasteiger partial charge in [-0.25, -0.2) is 4.98 Å². The highest BCUT2D eigenvalue weighted by Crippen LogP contribution is 2.21. The minimum Gasteiger partial charge on any atom is -0.381 e. The lowest BCUT2D eigenvalue weighted by Crippen LogP contribution is -2.48. The number of nitrogens with one attached hydrogen (secondary N) is 1. The summed E-state index contributed by atoms with van der Waals surface area (Å²) in [5.41, 5.74) is -0.173.